The number of esters is 4. The highest BCUT2D eigenvalue weighted by molar-refractivity contribution is 9.06. The molecule has 0 spiro atoms. The van der Waals surface area contributed by atoms with E-state index in [0.29, 0.717) is 0 Å². The van der Waals surface area contributed by atoms with Gasteiger partial charge in [0, 0.05) is 27.7 Å². The fourth-order valence-corrected chi connectivity index (χ4v) is 2.56. The normalized spacial score (nSPS) is 28.6. The number of rotatable bonds is 6. The topological polar surface area (TPSA) is 124 Å². The zero-order valence-electron chi connectivity index (χ0n) is 14.1. The molecule has 1 heterocycles. The highest BCUT2D eigenvalue weighted by Crippen LogP contribution is 2.30. The average Bonchev–Trinajstić information content (AvgIpc) is 2.48. The summed E-state index contributed by atoms with van der Waals surface area (Å²) in [7, 11) is 0. The van der Waals surface area contributed by atoms with E-state index in [1.54, 1.807) is 0 Å². The molecule has 1 fully saturated rings. The number of hydrogen-bond donors (Lipinski definition) is 0. The highest BCUT2D eigenvalue weighted by Gasteiger charge is 2.52. The molecule has 1 aliphatic rings. The van der Waals surface area contributed by atoms with Crippen LogP contribution in [0.5, 0.6) is 0 Å². The van der Waals surface area contributed by atoms with Crippen LogP contribution in [-0.4, -0.2) is 61.2 Å². The van der Waals surface area contributed by atoms with Crippen LogP contribution in [0.4, 0.5) is 0 Å². The summed E-state index contributed by atoms with van der Waals surface area (Å²) < 4.78 is 30.8. The molecular weight excluding hydrogens is 408 g/mol. The maximum atomic E-state index is 11.5. The van der Waals surface area contributed by atoms with Gasteiger partial charge < -0.3 is 23.7 Å². The molecule has 0 aliphatic carbocycles. The summed E-state index contributed by atoms with van der Waals surface area (Å²) >= 11 is 2.74. The molecule has 0 aromatic carbocycles. The summed E-state index contributed by atoms with van der Waals surface area (Å²) in [5, 5.41) is 0. The largest absolute Gasteiger partial charge is 0.463 e. The van der Waals surface area contributed by atoms with Gasteiger partial charge in [0.05, 0.1) is 0 Å². The van der Waals surface area contributed by atoms with E-state index in [1.165, 1.54) is 6.92 Å². The second-order valence-electron chi connectivity index (χ2n) is 5.16. The monoisotopic (exact) mass is 426 g/mol. The van der Waals surface area contributed by atoms with Gasteiger partial charge in [-0.2, -0.15) is 0 Å². The summed E-state index contributed by atoms with van der Waals surface area (Å²) in [6, 6.07) is 0. The van der Waals surface area contributed by atoms with Crippen molar-refractivity contribution in [2.45, 2.75) is 58.4 Å². The van der Waals surface area contributed by atoms with Gasteiger partial charge in [-0.15, -0.1) is 0 Å². The first kappa shape index (κ1) is 21.3. The summed E-state index contributed by atoms with van der Waals surface area (Å²) in [5.74, 6) is -2.69. The maximum absolute atomic E-state index is 11.5. The Bertz CT molecular complexity index is 522. The van der Waals surface area contributed by atoms with E-state index in [1.807, 2.05) is 0 Å². The van der Waals surface area contributed by atoms with Crippen LogP contribution in [0, 0.1) is 0 Å². The van der Waals surface area contributed by atoms with E-state index in [-0.39, 0.29) is 6.61 Å². The zero-order chi connectivity index (χ0) is 19.1. The standard InChI is InChI=1S/C14H19BrO10/c1-6(16)20-5-10-11(21-7(2)17)12(22-8(3)18)13(23-9(4)19)14(24-10)25-15/h10-14H,5H2,1-4H3/t10-,11-,12+,13-,14?/m1/s1. The van der Waals surface area contributed by atoms with Gasteiger partial charge in [0.1, 0.15) is 29.0 Å². The van der Waals surface area contributed by atoms with Crippen molar-refractivity contribution in [3.05, 3.63) is 0 Å². The van der Waals surface area contributed by atoms with Gasteiger partial charge in [-0.3, -0.25) is 23.0 Å². The Balaban J connectivity index is 3.18. The summed E-state index contributed by atoms with van der Waals surface area (Å²) in [6.07, 6.45) is -5.88. The molecule has 0 saturated carbocycles. The van der Waals surface area contributed by atoms with E-state index >= 15 is 0 Å². The smallest absolute Gasteiger partial charge is 0.303 e. The van der Waals surface area contributed by atoms with Crippen molar-refractivity contribution >= 4 is 40.1 Å². The minimum Gasteiger partial charge on any atom is -0.463 e. The van der Waals surface area contributed by atoms with Gasteiger partial charge in [0.25, 0.3) is 0 Å². The van der Waals surface area contributed by atoms with Gasteiger partial charge in [-0.25, -0.2) is 0 Å². The maximum Gasteiger partial charge on any atom is 0.303 e. The van der Waals surface area contributed by atoms with E-state index in [2.05, 4.69) is 16.3 Å². The number of carbonyl (C=O) groups is 4. The lowest BCUT2D eigenvalue weighted by Gasteiger charge is -2.43. The highest BCUT2D eigenvalue weighted by atomic mass is 79.9. The Morgan fingerprint density at radius 3 is 1.72 bits per heavy atom. The Labute approximate surface area is 152 Å². The third-order valence-electron chi connectivity index (χ3n) is 3.04. The van der Waals surface area contributed by atoms with E-state index in [9.17, 15) is 19.2 Å². The molecule has 1 saturated heterocycles. The first-order valence-corrected chi connectivity index (χ1v) is 7.88. The van der Waals surface area contributed by atoms with Crippen molar-refractivity contribution < 1.29 is 46.7 Å². The Morgan fingerprint density at radius 2 is 1.28 bits per heavy atom. The fraction of sp³-hybridized carbons (Fsp3) is 0.714. The average molecular weight is 427 g/mol. The molecule has 0 radical (unpaired) electrons. The molecule has 142 valence electrons. The molecule has 0 N–H and O–H groups in total. The zero-order valence-corrected chi connectivity index (χ0v) is 15.6. The van der Waals surface area contributed by atoms with E-state index in [4.69, 9.17) is 27.5 Å². The van der Waals surface area contributed by atoms with Crippen LogP contribution in [0.1, 0.15) is 27.7 Å². The van der Waals surface area contributed by atoms with Gasteiger partial charge in [0.15, 0.2) is 18.3 Å². The molecule has 11 heteroatoms. The minimum absolute atomic E-state index is 0.301. The molecule has 0 amide bonds. The minimum atomic E-state index is -1.23. The lowest BCUT2D eigenvalue weighted by molar-refractivity contribution is -0.284. The molecule has 25 heavy (non-hydrogen) atoms. The molecule has 0 aromatic rings. The third kappa shape index (κ3) is 6.59. The van der Waals surface area contributed by atoms with Crippen LogP contribution in [-0.2, 0) is 46.7 Å². The number of carbonyl (C=O) groups excluding carboxylic acids is 4. The van der Waals surface area contributed by atoms with Crippen LogP contribution < -0.4 is 0 Å². The van der Waals surface area contributed by atoms with Crippen molar-refractivity contribution in [2.75, 3.05) is 6.61 Å². The van der Waals surface area contributed by atoms with Crippen LogP contribution in [0.2, 0.25) is 0 Å². The molecular formula is C14H19BrO10. The van der Waals surface area contributed by atoms with Crippen molar-refractivity contribution in [3.63, 3.8) is 0 Å². The van der Waals surface area contributed by atoms with Crippen molar-refractivity contribution in [2.24, 2.45) is 0 Å². The number of halogens is 1. The van der Waals surface area contributed by atoms with Crippen LogP contribution in [0.3, 0.4) is 0 Å². The quantitative estimate of drug-likeness (QED) is 0.435. The Kier molecular flexibility index (Phi) is 8.26. The van der Waals surface area contributed by atoms with E-state index < -0.39 is 54.6 Å². The lowest BCUT2D eigenvalue weighted by atomic mass is 9.98. The summed E-state index contributed by atoms with van der Waals surface area (Å²) in [4.78, 5) is 45.3. The second-order valence-corrected chi connectivity index (χ2v) is 5.53. The van der Waals surface area contributed by atoms with Gasteiger partial charge >= 0.3 is 23.9 Å². The first-order chi connectivity index (χ1) is 11.6. The van der Waals surface area contributed by atoms with Crippen molar-refractivity contribution in [1.82, 2.24) is 0 Å². The predicted octanol–water partition coefficient (Wildman–Crippen LogP) is 0.396. The molecule has 1 aliphatic heterocycles. The van der Waals surface area contributed by atoms with Crippen LogP contribution in [0.15, 0.2) is 0 Å². The number of ether oxygens (including phenoxy) is 5. The van der Waals surface area contributed by atoms with Crippen molar-refractivity contribution in [3.8, 4) is 0 Å². The SMILES string of the molecule is CC(=O)OC[C@H]1OC(OBr)[C@H](OC(C)=O)[C@@H](OC(C)=O)[C@@H]1OC(C)=O. The molecule has 0 aromatic heterocycles. The third-order valence-corrected chi connectivity index (χ3v) is 3.40. The first-order valence-electron chi connectivity index (χ1n) is 7.23. The van der Waals surface area contributed by atoms with Crippen molar-refractivity contribution in [1.29, 1.82) is 0 Å². The fourth-order valence-electron chi connectivity index (χ4n) is 2.26. The van der Waals surface area contributed by atoms with Gasteiger partial charge in [0.2, 0.25) is 6.29 Å². The van der Waals surface area contributed by atoms with Crippen LogP contribution >= 0.6 is 16.3 Å². The predicted molar refractivity (Wildman–Crippen MR) is 82.0 cm³/mol. The van der Waals surface area contributed by atoms with Gasteiger partial charge in [-0.1, -0.05) is 0 Å². The molecule has 0 bridgehead atoms. The molecule has 1 rings (SSSR count). The molecule has 5 atom stereocenters. The summed E-state index contributed by atoms with van der Waals surface area (Å²) in [5.41, 5.74) is 0. The Hall–Kier alpha value is -1.72. The molecule has 10 nitrogen and oxygen atoms in total. The summed E-state index contributed by atoms with van der Waals surface area (Å²) in [6.45, 7) is 4.30. The Morgan fingerprint density at radius 1 is 0.800 bits per heavy atom. The molecule has 1 unspecified atom stereocenters. The second kappa shape index (κ2) is 9.68. The lowest BCUT2D eigenvalue weighted by Crippen LogP contribution is -2.62. The van der Waals surface area contributed by atoms with Crippen LogP contribution in [0.25, 0.3) is 0 Å². The van der Waals surface area contributed by atoms with E-state index in [0.717, 1.165) is 20.8 Å². The number of hydrogen-bond acceptors (Lipinski definition) is 10. The van der Waals surface area contributed by atoms with Gasteiger partial charge in [-0.05, 0) is 0 Å².